The van der Waals surface area contributed by atoms with Crippen LogP contribution < -0.4 is 10.8 Å². The summed E-state index contributed by atoms with van der Waals surface area (Å²) in [6, 6.07) is 0.856. The summed E-state index contributed by atoms with van der Waals surface area (Å²) in [5, 5.41) is 2.45. The molecule has 20 heavy (non-hydrogen) atoms. The molecule has 0 aliphatic rings. The number of aromatic nitrogens is 1. The zero-order valence-corrected chi connectivity index (χ0v) is 11.9. The van der Waals surface area contributed by atoms with Crippen LogP contribution >= 0.6 is 11.3 Å². The van der Waals surface area contributed by atoms with Gasteiger partial charge in [0.2, 0.25) is 0 Å². The molecule has 0 unspecified atom stereocenters. The largest absolute Gasteiger partial charge is 0.444 e. The highest BCUT2D eigenvalue weighted by Crippen LogP contribution is 2.28. The van der Waals surface area contributed by atoms with Crippen LogP contribution in [0.1, 0.15) is 20.8 Å². The number of rotatable bonds is 1. The predicted octanol–water partition coefficient (Wildman–Crippen LogP) is 2.72. The Morgan fingerprint density at radius 3 is 2.70 bits per heavy atom. The highest BCUT2D eigenvalue weighted by molar-refractivity contribution is 7.22. The molecule has 0 fully saturated rings. The molecule has 1 amide bonds. The molecule has 0 bridgehead atoms. The van der Waals surface area contributed by atoms with Crippen LogP contribution in [0.5, 0.6) is 0 Å². The molecule has 0 aliphatic carbocycles. The highest BCUT2D eigenvalue weighted by atomic mass is 32.1. The first-order chi connectivity index (χ1) is 9.17. The molecule has 1 aromatic heterocycles. The second-order valence-corrected chi connectivity index (χ2v) is 6.08. The number of carbonyl (C=O) groups is 1. The molecule has 0 atom stereocenters. The van der Waals surface area contributed by atoms with Gasteiger partial charge in [-0.3, -0.25) is 5.32 Å². The van der Waals surface area contributed by atoms with Crippen molar-refractivity contribution in [1.29, 1.82) is 0 Å². The summed E-state index contributed by atoms with van der Waals surface area (Å²) in [5.74, 6) is -2.09. The number of halogens is 2. The van der Waals surface area contributed by atoms with Crippen molar-refractivity contribution in [3.8, 4) is 0 Å². The lowest BCUT2D eigenvalue weighted by Gasteiger charge is -2.18. The number of nitrogens with one attached hydrogen (secondary N) is 1. The number of ether oxygens (including phenoxy) is 1. The predicted molar refractivity (Wildman–Crippen MR) is 74.8 cm³/mol. The van der Waals surface area contributed by atoms with Gasteiger partial charge in [-0.25, -0.2) is 18.6 Å². The first-order valence-corrected chi connectivity index (χ1v) is 6.53. The Morgan fingerprint density at radius 1 is 1.45 bits per heavy atom. The van der Waals surface area contributed by atoms with Gasteiger partial charge in [0, 0.05) is 0 Å². The molecular weight excluding hydrogens is 285 g/mol. The van der Waals surface area contributed by atoms with Gasteiger partial charge in [-0.1, -0.05) is 16.8 Å². The van der Waals surface area contributed by atoms with Crippen LogP contribution in [0.15, 0.2) is 6.07 Å². The van der Waals surface area contributed by atoms with Gasteiger partial charge >= 0.3 is 6.09 Å². The van der Waals surface area contributed by atoms with Crippen molar-refractivity contribution in [2.45, 2.75) is 26.4 Å². The van der Waals surface area contributed by atoms with Gasteiger partial charge in [0.05, 0.1) is 10.2 Å². The monoisotopic (exact) mass is 296 g/mol. The average Bonchev–Trinajstić information content (AvgIpc) is 2.67. The van der Waals surface area contributed by atoms with Gasteiger partial charge in [-0.05, 0) is 26.8 Å². The average molecular weight is 296 g/mol. The van der Waals surface area contributed by atoms with Crippen molar-refractivity contribution >= 4 is 46.1 Å². The van der Waals surface area contributed by atoms with E-state index in [4.69, 9.17) is 12.6 Å². The third-order valence-electron chi connectivity index (χ3n) is 2.20. The van der Waals surface area contributed by atoms with Crippen molar-refractivity contribution in [1.82, 2.24) is 4.98 Å². The van der Waals surface area contributed by atoms with E-state index in [9.17, 15) is 13.6 Å². The van der Waals surface area contributed by atoms with E-state index in [2.05, 4.69) is 10.3 Å². The van der Waals surface area contributed by atoms with Crippen LogP contribution in [0.2, 0.25) is 0 Å². The van der Waals surface area contributed by atoms with E-state index in [-0.39, 0.29) is 20.8 Å². The van der Waals surface area contributed by atoms with Crippen LogP contribution in [0.25, 0.3) is 10.2 Å². The summed E-state index contributed by atoms with van der Waals surface area (Å²) in [6.45, 7) is 5.12. The lowest BCUT2D eigenvalue weighted by molar-refractivity contribution is 0.0636. The van der Waals surface area contributed by atoms with Crippen molar-refractivity contribution < 1.29 is 18.3 Å². The maximum atomic E-state index is 13.6. The van der Waals surface area contributed by atoms with E-state index in [1.54, 1.807) is 20.8 Å². The van der Waals surface area contributed by atoms with Crippen LogP contribution in [0.3, 0.4) is 0 Å². The summed E-state index contributed by atoms with van der Waals surface area (Å²) in [5.41, 5.74) is -0.552. The second kappa shape index (κ2) is 5.01. The summed E-state index contributed by atoms with van der Waals surface area (Å²) < 4.78 is 31.8. The van der Waals surface area contributed by atoms with E-state index in [0.29, 0.717) is 0 Å². The number of nitrogens with zero attached hydrogens (tertiary/aromatic N) is 1. The third-order valence-corrected chi connectivity index (χ3v) is 3.16. The quantitative estimate of drug-likeness (QED) is 0.823. The maximum Gasteiger partial charge on any atom is 0.413 e. The van der Waals surface area contributed by atoms with Crippen LogP contribution in [0, 0.1) is 11.6 Å². The first kappa shape index (κ1) is 14.7. The van der Waals surface area contributed by atoms with Gasteiger partial charge in [-0.15, -0.1) is 0 Å². The van der Waals surface area contributed by atoms with Crippen molar-refractivity contribution in [3.05, 3.63) is 17.7 Å². The lowest BCUT2D eigenvalue weighted by atomic mass is 9.95. The van der Waals surface area contributed by atoms with E-state index in [1.807, 2.05) is 0 Å². The number of fused-ring (bicyclic) bond motifs is 1. The normalized spacial score (nSPS) is 11.7. The number of carbonyl (C=O) groups excluding carboxylic acids is 1. The Bertz CT molecular complexity index is 682. The van der Waals surface area contributed by atoms with Crippen LogP contribution in [0.4, 0.5) is 18.7 Å². The fourth-order valence-corrected chi connectivity index (χ4v) is 2.40. The van der Waals surface area contributed by atoms with Gasteiger partial charge in [-0.2, -0.15) is 0 Å². The van der Waals surface area contributed by atoms with Crippen LogP contribution in [-0.4, -0.2) is 24.5 Å². The molecule has 0 saturated carbocycles. The van der Waals surface area contributed by atoms with Gasteiger partial charge < -0.3 is 4.74 Å². The Morgan fingerprint density at radius 2 is 2.10 bits per heavy atom. The van der Waals surface area contributed by atoms with Crippen molar-refractivity contribution in [3.63, 3.8) is 0 Å². The highest BCUT2D eigenvalue weighted by Gasteiger charge is 2.19. The lowest BCUT2D eigenvalue weighted by Crippen LogP contribution is -2.27. The van der Waals surface area contributed by atoms with Crippen LogP contribution in [-0.2, 0) is 4.74 Å². The Labute approximate surface area is 119 Å². The number of benzene rings is 1. The molecule has 0 spiro atoms. The number of anilines is 1. The molecule has 2 radical (unpaired) electrons. The van der Waals surface area contributed by atoms with E-state index in [1.165, 1.54) is 0 Å². The molecule has 0 aliphatic heterocycles. The van der Waals surface area contributed by atoms with Gasteiger partial charge in [0.1, 0.15) is 13.4 Å². The number of amides is 1. The van der Waals surface area contributed by atoms with E-state index >= 15 is 0 Å². The molecule has 2 rings (SSSR count). The molecule has 1 aromatic carbocycles. The Hall–Kier alpha value is -1.70. The van der Waals surface area contributed by atoms with E-state index < -0.39 is 23.3 Å². The molecule has 2 aromatic rings. The Kier molecular flexibility index (Phi) is 3.68. The number of hydrogen-bond donors (Lipinski definition) is 1. The summed E-state index contributed by atoms with van der Waals surface area (Å²) in [4.78, 5) is 15.5. The minimum absolute atomic E-state index is 0.00684. The molecular formula is C12H11BF2N2O2S. The fraction of sp³-hybridized carbons (Fsp3) is 0.333. The van der Waals surface area contributed by atoms with Crippen molar-refractivity contribution in [2.75, 3.05) is 5.32 Å². The molecule has 1 N–H and O–H groups in total. The van der Waals surface area contributed by atoms with Crippen molar-refractivity contribution in [2.24, 2.45) is 0 Å². The minimum atomic E-state index is -1.05. The fourth-order valence-electron chi connectivity index (χ4n) is 1.49. The van der Waals surface area contributed by atoms with Gasteiger partial charge in [0.15, 0.2) is 16.8 Å². The third kappa shape index (κ3) is 3.06. The zero-order valence-electron chi connectivity index (χ0n) is 11.1. The first-order valence-electron chi connectivity index (χ1n) is 5.71. The molecule has 1 heterocycles. The SMILES string of the molecule is [B]c1cc(F)c(F)c2sc(NC(=O)OC(C)(C)C)nc12. The minimum Gasteiger partial charge on any atom is -0.444 e. The second-order valence-electron chi connectivity index (χ2n) is 5.09. The zero-order chi connectivity index (χ0) is 15.1. The molecule has 8 heteroatoms. The van der Waals surface area contributed by atoms with E-state index in [0.717, 1.165) is 17.4 Å². The Balaban J connectivity index is 2.31. The molecule has 104 valence electrons. The summed E-state index contributed by atoms with van der Waals surface area (Å²) in [7, 11) is 5.57. The number of thiazole rings is 1. The standard InChI is InChI=1S/C12H11BF2N2O2S/c1-12(2,3)19-11(18)17-10-16-8-5(13)4-6(14)7(15)9(8)20-10/h4H,1-3H3,(H,16,17,18). The topological polar surface area (TPSA) is 51.2 Å². The summed E-state index contributed by atoms with van der Waals surface area (Å²) in [6.07, 6.45) is -0.726. The molecule has 0 saturated heterocycles. The molecule has 4 nitrogen and oxygen atoms in total. The maximum absolute atomic E-state index is 13.6. The summed E-state index contributed by atoms with van der Waals surface area (Å²) >= 11 is 0.788. The number of hydrogen-bond acceptors (Lipinski definition) is 4. The smallest absolute Gasteiger partial charge is 0.413 e. The van der Waals surface area contributed by atoms with Gasteiger partial charge in [0.25, 0.3) is 0 Å².